The van der Waals surface area contributed by atoms with Gasteiger partial charge < -0.3 is 20.5 Å². The van der Waals surface area contributed by atoms with Crippen LogP contribution in [-0.4, -0.2) is 24.7 Å². The van der Waals surface area contributed by atoms with Gasteiger partial charge in [-0.2, -0.15) is 13.2 Å². The highest BCUT2D eigenvalue weighted by atomic mass is 19.4. The maximum absolute atomic E-state index is 12.7. The fourth-order valence-corrected chi connectivity index (χ4v) is 2.77. The third-order valence-corrected chi connectivity index (χ3v) is 4.18. The SMILES string of the molecule is NC[C@H]1CC[C@@H](C(=O)Nc2ccc(Oc3cccc(C(F)(F)F)c3)cc2)O1. The zero-order chi connectivity index (χ0) is 19.4. The monoisotopic (exact) mass is 380 g/mol. The summed E-state index contributed by atoms with van der Waals surface area (Å²) in [6.45, 7) is 0.380. The van der Waals surface area contributed by atoms with Crippen LogP contribution in [0.5, 0.6) is 11.5 Å². The van der Waals surface area contributed by atoms with E-state index in [-0.39, 0.29) is 17.8 Å². The number of amides is 1. The lowest BCUT2D eigenvalue weighted by Crippen LogP contribution is -2.29. The van der Waals surface area contributed by atoms with E-state index in [1.165, 1.54) is 12.1 Å². The third kappa shape index (κ3) is 4.99. The largest absolute Gasteiger partial charge is 0.457 e. The minimum atomic E-state index is -4.43. The average Bonchev–Trinajstić information content (AvgIpc) is 3.12. The summed E-state index contributed by atoms with van der Waals surface area (Å²) in [6, 6.07) is 11.0. The number of alkyl halides is 3. The van der Waals surface area contributed by atoms with E-state index in [1.807, 2.05) is 0 Å². The lowest BCUT2D eigenvalue weighted by molar-refractivity contribution is -0.137. The second-order valence-corrected chi connectivity index (χ2v) is 6.20. The van der Waals surface area contributed by atoms with Gasteiger partial charge in [-0.3, -0.25) is 4.79 Å². The number of halogens is 3. The van der Waals surface area contributed by atoms with Crippen LogP contribution < -0.4 is 15.8 Å². The number of hydrogen-bond donors (Lipinski definition) is 2. The summed E-state index contributed by atoms with van der Waals surface area (Å²) in [5.74, 6) is 0.180. The second-order valence-electron chi connectivity index (χ2n) is 6.20. The molecule has 3 N–H and O–H groups in total. The Morgan fingerprint density at radius 1 is 1.15 bits per heavy atom. The molecule has 0 bridgehead atoms. The zero-order valence-electron chi connectivity index (χ0n) is 14.3. The number of anilines is 1. The molecule has 1 heterocycles. The Hall–Kier alpha value is -2.58. The Morgan fingerprint density at radius 3 is 2.52 bits per heavy atom. The fourth-order valence-electron chi connectivity index (χ4n) is 2.77. The van der Waals surface area contributed by atoms with Crippen molar-refractivity contribution in [3.8, 4) is 11.5 Å². The number of benzene rings is 2. The Bertz CT molecular complexity index is 794. The van der Waals surface area contributed by atoms with E-state index in [1.54, 1.807) is 24.3 Å². The molecule has 27 heavy (non-hydrogen) atoms. The van der Waals surface area contributed by atoms with Gasteiger partial charge in [0.1, 0.15) is 17.6 Å². The van der Waals surface area contributed by atoms with E-state index in [0.29, 0.717) is 24.4 Å². The molecule has 2 aromatic carbocycles. The number of carbonyl (C=O) groups is 1. The van der Waals surface area contributed by atoms with Crippen LogP contribution in [0, 0.1) is 0 Å². The van der Waals surface area contributed by atoms with Crippen LogP contribution in [0.1, 0.15) is 18.4 Å². The van der Waals surface area contributed by atoms with Gasteiger partial charge >= 0.3 is 6.18 Å². The van der Waals surface area contributed by atoms with Gasteiger partial charge in [0.15, 0.2) is 0 Å². The van der Waals surface area contributed by atoms with Gasteiger partial charge in [-0.1, -0.05) is 6.07 Å². The molecule has 0 saturated carbocycles. The zero-order valence-corrected chi connectivity index (χ0v) is 14.3. The highest BCUT2D eigenvalue weighted by Gasteiger charge is 2.31. The van der Waals surface area contributed by atoms with Crippen LogP contribution in [0.15, 0.2) is 48.5 Å². The van der Waals surface area contributed by atoms with E-state index < -0.39 is 17.8 Å². The number of nitrogens with two attached hydrogens (primary N) is 1. The minimum absolute atomic E-state index is 0.0776. The molecule has 1 saturated heterocycles. The van der Waals surface area contributed by atoms with Gasteiger partial charge in [0.2, 0.25) is 0 Å². The van der Waals surface area contributed by atoms with Crippen LogP contribution in [-0.2, 0) is 15.7 Å². The Balaban J connectivity index is 1.60. The molecule has 3 rings (SSSR count). The van der Waals surface area contributed by atoms with E-state index in [0.717, 1.165) is 18.6 Å². The predicted molar refractivity (Wildman–Crippen MR) is 93.5 cm³/mol. The number of carbonyl (C=O) groups excluding carboxylic acids is 1. The van der Waals surface area contributed by atoms with Gasteiger partial charge in [0.25, 0.3) is 5.91 Å². The van der Waals surface area contributed by atoms with Crippen LogP contribution >= 0.6 is 0 Å². The van der Waals surface area contributed by atoms with Crippen LogP contribution in [0.4, 0.5) is 18.9 Å². The predicted octanol–water partition coefficient (Wildman–Crippen LogP) is 3.94. The van der Waals surface area contributed by atoms with Gasteiger partial charge in [-0.15, -0.1) is 0 Å². The average molecular weight is 380 g/mol. The molecule has 2 aromatic rings. The Labute approximate surface area is 154 Å². The molecule has 2 atom stereocenters. The minimum Gasteiger partial charge on any atom is -0.457 e. The summed E-state index contributed by atoms with van der Waals surface area (Å²) in [7, 11) is 0. The van der Waals surface area contributed by atoms with Gasteiger partial charge in [-0.25, -0.2) is 0 Å². The standard InChI is InChI=1S/C19H19F3N2O3/c20-19(21,22)12-2-1-3-15(10-12)26-14-6-4-13(5-7-14)24-18(25)17-9-8-16(11-23)27-17/h1-7,10,16-17H,8-9,11,23H2,(H,24,25)/t16-,17+/m1/s1. The van der Waals surface area contributed by atoms with E-state index in [4.69, 9.17) is 15.2 Å². The first-order valence-corrected chi connectivity index (χ1v) is 8.47. The Kier molecular flexibility index (Phi) is 5.67. The molecular formula is C19H19F3N2O3. The van der Waals surface area contributed by atoms with Crippen LogP contribution in [0.3, 0.4) is 0 Å². The molecule has 144 valence electrons. The first-order valence-electron chi connectivity index (χ1n) is 8.47. The van der Waals surface area contributed by atoms with Crippen molar-refractivity contribution in [1.82, 2.24) is 0 Å². The van der Waals surface area contributed by atoms with Crippen molar-refractivity contribution >= 4 is 11.6 Å². The summed E-state index contributed by atoms with van der Waals surface area (Å²) in [4.78, 5) is 12.2. The summed E-state index contributed by atoms with van der Waals surface area (Å²) in [5.41, 5.74) is 5.29. The first kappa shape index (κ1) is 19.2. The molecule has 5 nitrogen and oxygen atoms in total. The molecule has 0 aliphatic carbocycles. The second kappa shape index (κ2) is 7.98. The van der Waals surface area contributed by atoms with Gasteiger partial charge in [-0.05, 0) is 55.3 Å². The molecule has 0 radical (unpaired) electrons. The molecular weight excluding hydrogens is 361 g/mol. The Morgan fingerprint density at radius 2 is 1.89 bits per heavy atom. The maximum Gasteiger partial charge on any atom is 0.416 e. The van der Waals surface area contributed by atoms with Crippen molar-refractivity contribution in [2.75, 3.05) is 11.9 Å². The normalized spacial score (nSPS) is 19.7. The summed E-state index contributed by atoms with van der Waals surface area (Å²) >= 11 is 0. The lowest BCUT2D eigenvalue weighted by atomic mass is 10.2. The van der Waals surface area contributed by atoms with Crippen LogP contribution in [0.25, 0.3) is 0 Å². The van der Waals surface area contributed by atoms with E-state index >= 15 is 0 Å². The molecule has 0 spiro atoms. The fraction of sp³-hybridized carbons (Fsp3) is 0.316. The van der Waals surface area contributed by atoms with Crippen molar-refractivity contribution in [3.63, 3.8) is 0 Å². The van der Waals surface area contributed by atoms with Gasteiger partial charge in [0.05, 0.1) is 11.7 Å². The van der Waals surface area contributed by atoms with Crippen molar-refractivity contribution in [1.29, 1.82) is 0 Å². The van der Waals surface area contributed by atoms with E-state index in [2.05, 4.69) is 5.32 Å². The molecule has 1 amide bonds. The molecule has 0 unspecified atom stereocenters. The summed E-state index contributed by atoms with van der Waals surface area (Å²) in [5, 5.41) is 2.74. The smallest absolute Gasteiger partial charge is 0.416 e. The molecule has 1 fully saturated rings. The quantitative estimate of drug-likeness (QED) is 0.824. The summed E-state index contributed by atoms with van der Waals surface area (Å²) in [6.07, 6.45) is -3.69. The lowest BCUT2D eigenvalue weighted by Gasteiger charge is -2.13. The topological polar surface area (TPSA) is 73.6 Å². The van der Waals surface area contributed by atoms with Crippen molar-refractivity contribution < 1.29 is 27.4 Å². The highest BCUT2D eigenvalue weighted by Crippen LogP contribution is 2.33. The maximum atomic E-state index is 12.7. The molecule has 8 heteroatoms. The molecule has 1 aliphatic heterocycles. The van der Waals surface area contributed by atoms with E-state index in [9.17, 15) is 18.0 Å². The van der Waals surface area contributed by atoms with Crippen molar-refractivity contribution in [2.24, 2.45) is 5.73 Å². The summed E-state index contributed by atoms with van der Waals surface area (Å²) < 4.78 is 49.2. The number of hydrogen-bond acceptors (Lipinski definition) is 4. The molecule has 0 aromatic heterocycles. The highest BCUT2D eigenvalue weighted by molar-refractivity contribution is 5.94. The van der Waals surface area contributed by atoms with Crippen molar-refractivity contribution in [2.45, 2.75) is 31.2 Å². The number of nitrogens with one attached hydrogen (secondary N) is 1. The molecule has 1 aliphatic rings. The first-order chi connectivity index (χ1) is 12.8. The number of rotatable bonds is 5. The number of ether oxygens (including phenoxy) is 2. The van der Waals surface area contributed by atoms with Gasteiger partial charge in [0, 0.05) is 12.2 Å². The van der Waals surface area contributed by atoms with Crippen LogP contribution in [0.2, 0.25) is 0 Å². The van der Waals surface area contributed by atoms with Crippen molar-refractivity contribution in [3.05, 3.63) is 54.1 Å². The third-order valence-electron chi connectivity index (χ3n) is 4.18.